The lowest BCUT2D eigenvalue weighted by Gasteiger charge is -2.16. The first kappa shape index (κ1) is 18.0. The van der Waals surface area contributed by atoms with E-state index in [1.165, 1.54) is 37.6 Å². The van der Waals surface area contributed by atoms with Crippen LogP contribution in [0.1, 0.15) is 32.0 Å². The molecule has 0 aliphatic carbocycles. The Morgan fingerprint density at radius 2 is 1.71 bits per heavy atom. The van der Waals surface area contributed by atoms with Crippen LogP contribution in [0.15, 0.2) is 46.3 Å². The number of benzene rings is 1. The third-order valence-electron chi connectivity index (χ3n) is 3.31. The van der Waals surface area contributed by atoms with Crippen molar-refractivity contribution in [2.75, 3.05) is 7.11 Å². The molecule has 1 aromatic heterocycles. The van der Waals surface area contributed by atoms with Crippen LogP contribution in [0.4, 0.5) is 0 Å². The molecule has 0 radical (unpaired) electrons. The Balaban J connectivity index is 2.42. The number of rotatable bonds is 4. The maximum Gasteiger partial charge on any atom is 0.349 e. The molecule has 0 atom stereocenters. The second kappa shape index (κ2) is 6.27. The summed E-state index contributed by atoms with van der Waals surface area (Å²) in [5.41, 5.74) is -1.21. The molecular formula is C16H20N2O5S. The van der Waals surface area contributed by atoms with Gasteiger partial charge in [-0.2, -0.15) is 3.97 Å². The summed E-state index contributed by atoms with van der Waals surface area (Å²) in [7, 11) is -2.61. The van der Waals surface area contributed by atoms with Gasteiger partial charge in [-0.1, -0.05) is 20.8 Å². The zero-order chi connectivity index (χ0) is 18.1. The lowest BCUT2D eigenvalue weighted by Crippen LogP contribution is -2.33. The molecule has 0 fully saturated rings. The molecule has 0 N–H and O–H groups in total. The fourth-order valence-electron chi connectivity index (χ4n) is 2.13. The Labute approximate surface area is 140 Å². The highest BCUT2D eigenvalue weighted by Crippen LogP contribution is 2.20. The van der Waals surface area contributed by atoms with Crippen LogP contribution >= 0.6 is 0 Å². The lowest BCUT2D eigenvalue weighted by molar-refractivity contribution is 0.0852. The summed E-state index contributed by atoms with van der Waals surface area (Å²) in [4.78, 5) is 24.5. The molecule has 0 aliphatic heterocycles. The number of ether oxygens (including phenoxy) is 1. The maximum atomic E-state index is 12.6. The zero-order valence-electron chi connectivity index (χ0n) is 14.0. The molecular weight excluding hydrogens is 332 g/mol. The van der Waals surface area contributed by atoms with Gasteiger partial charge in [0.25, 0.3) is 10.0 Å². The Hall–Kier alpha value is -2.35. The molecule has 8 heteroatoms. The second-order valence-electron chi connectivity index (χ2n) is 6.56. The van der Waals surface area contributed by atoms with Crippen molar-refractivity contribution in [2.24, 2.45) is 5.41 Å². The Morgan fingerprint density at radius 3 is 2.21 bits per heavy atom. The van der Waals surface area contributed by atoms with E-state index in [1.807, 2.05) is 20.8 Å². The summed E-state index contributed by atoms with van der Waals surface area (Å²) >= 11 is 0. The summed E-state index contributed by atoms with van der Waals surface area (Å²) in [6, 6.07) is 5.66. The van der Waals surface area contributed by atoms with Crippen LogP contribution in [0.2, 0.25) is 0 Å². The van der Waals surface area contributed by atoms with Gasteiger partial charge >= 0.3 is 5.69 Å². The molecule has 0 bridgehead atoms. The van der Waals surface area contributed by atoms with E-state index in [0.717, 1.165) is 10.8 Å². The molecule has 0 saturated heterocycles. The molecule has 2 aromatic rings. The average molecular weight is 352 g/mol. The largest absolute Gasteiger partial charge is 0.497 e. The Kier molecular flexibility index (Phi) is 4.70. The summed E-state index contributed by atoms with van der Waals surface area (Å²) < 4.78 is 31.5. The minimum absolute atomic E-state index is 0.0635. The van der Waals surface area contributed by atoms with Gasteiger partial charge in [-0.3, -0.25) is 4.79 Å². The van der Waals surface area contributed by atoms with Crippen molar-refractivity contribution in [1.82, 2.24) is 8.54 Å². The van der Waals surface area contributed by atoms with Crippen LogP contribution in [0.3, 0.4) is 0 Å². The van der Waals surface area contributed by atoms with Gasteiger partial charge in [-0.15, -0.1) is 0 Å². The van der Waals surface area contributed by atoms with Gasteiger partial charge in [0.1, 0.15) is 5.75 Å². The number of hydrogen-bond donors (Lipinski definition) is 0. The van der Waals surface area contributed by atoms with Crippen LogP contribution in [-0.2, 0) is 10.0 Å². The maximum absolute atomic E-state index is 12.6. The third kappa shape index (κ3) is 3.59. The van der Waals surface area contributed by atoms with Crippen molar-refractivity contribution >= 4 is 15.9 Å². The summed E-state index contributed by atoms with van der Waals surface area (Å²) in [6.07, 6.45) is 2.39. The van der Waals surface area contributed by atoms with Crippen molar-refractivity contribution in [2.45, 2.75) is 32.1 Å². The number of imidazole rings is 1. The Morgan fingerprint density at radius 1 is 1.12 bits per heavy atom. The normalized spacial score (nSPS) is 12.2. The van der Waals surface area contributed by atoms with Gasteiger partial charge in [0.2, 0.25) is 5.91 Å². The van der Waals surface area contributed by atoms with Gasteiger partial charge in [0.05, 0.1) is 12.0 Å². The number of methoxy groups -OCH3 is 1. The molecule has 2 rings (SSSR count). The first-order valence-corrected chi connectivity index (χ1v) is 8.73. The molecule has 0 aliphatic rings. The molecule has 0 spiro atoms. The number of carbonyl (C=O) groups is 1. The predicted molar refractivity (Wildman–Crippen MR) is 89.0 cm³/mol. The number of aromatic nitrogens is 2. The molecule has 130 valence electrons. The monoisotopic (exact) mass is 352 g/mol. The van der Waals surface area contributed by atoms with Crippen molar-refractivity contribution < 1.29 is 17.9 Å². The van der Waals surface area contributed by atoms with Crippen molar-refractivity contribution in [1.29, 1.82) is 0 Å². The van der Waals surface area contributed by atoms with Crippen LogP contribution in [0.25, 0.3) is 0 Å². The average Bonchev–Trinajstić information content (AvgIpc) is 2.88. The van der Waals surface area contributed by atoms with Crippen LogP contribution in [-0.4, -0.2) is 30.0 Å². The van der Waals surface area contributed by atoms with E-state index >= 15 is 0 Å². The van der Waals surface area contributed by atoms with E-state index in [9.17, 15) is 18.0 Å². The van der Waals surface area contributed by atoms with Crippen molar-refractivity contribution in [3.8, 4) is 5.75 Å². The number of hydrogen-bond acceptors (Lipinski definition) is 5. The van der Waals surface area contributed by atoms with E-state index in [1.54, 1.807) is 0 Å². The molecule has 0 amide bonds. The van der Waals surface area contributed by atoms with Crippen LogP contribution in [0, 0.1) is 5.41 Å². The molecule has 7 nitrogen and oxygen atoms in total. The summed E-state index contributed by atoms with van der Waals surface area (Å²) in [6.45, 7) is 5.59. The molecule has 1 heterocycles. The highest BCUT2D eigenvalue weighted by molar-refractivity contribution is 7.90. The van der Waals surface area contributed by atoms with Crippen LogP contribution < -0.4 is 10.4 Å². The molecule has 24 heavy (non-hydrogen) atoms. The van der Waals surface area contributed by atoms with E-state index < -0.39 is 21.6 Å². The fourth-order valence-corrected chi connectivity index (χ4v) is 3.35. The standard InChI is InChI=1S/C16H20N2O5S/c1-16(2,3)11-14(19)17-9-10-18(15(17)20)24(21,22)13-7-5-12(23-4)6-8-13/h5-10H,11H2,1-4H3. The lowest BCUT2D eigenvalue weighted by atomic mass is 9.92. The summed E-state index contributed by atoms with van der Waals surface area (Å²) in [5, 5.41) is 0. The van der Waals surface area contributed by atoms with Crippen molar-refractivity contribution in [3.63, 3.8) is 0 Å². The van der Waals surface area contributed by atoms with Gasteiger partial charge < -0.3 is 4.74 Å². The summed E-state index contributed by atoms with van der Waals surface area (Å²) in [5.74, 6) is 0.0513. The first-order valence-electron chi connectivity index (χ1n) is 7.29. The van der Waals surface area contributed by atoms with Gasteiger partial charge in [-0.25, -0.2) is 17.8 Å². The predicted octanol–water partition coefficient (Wildman–Crippen LogP) is 1.97. The van der Waals surface area contributed by atoms with Gasteiger partial charge in [0, 0.05) is 18.8 Å². The van der Waals surface area contributed by atoms with E-state index in [0.29, 0.717) is 9.72 Å². The minimum Gasteiger partial charge on any atom is -0.497 e. The number of carbonyl (C=O) groups excluding carboxylic acids is 1. The topological polar surface area (TPSA) is 87.4 Å². The van der Waals surface area contributed by atoms with Crippen molar-refractivity contribution in [3.05, 3.63) is 47.1 Å². The van der Waals surface area contributed by atoms with Gasteiger partial charge in [-0.05, 0) is 29.7 Å². The first-order chi connectivity index (χ1) is 11.1. The van der Waals surface area contributed by atoms with E-state index in [4.69, 9.17) is 4.74 Å². The van der Waals surface area contributed by atoms with Gasteiger partial charge in [0.15, 0.2) is 0 Å². The smallest absolute Gasteiger partial charge is 0.349 e. The Bertz CT molecular complexity index is 899. The van der Waals surface area contributed by atoms with E-state index in [2.05, 4.69) is 0 Å². The molecule has 0 unspecified atom stereocenters. The number of nitrogens with zero attached hydrogens (tertiary/aromatic N) is 2. The zero-order valence-corrected chi connectivity index (χ0v) is 14.8. The SMILES string of the molecule is COc1ccc(S(=O)(=O)n2ccn(C(=O)CC(C)(C)C)c2=O)cc1. The van der Waals surface area contributed by atoms with E-state index in [-0.39, 0.29) is 16.7 Å². The molecule has 0 saturated carbocycles. The van der Waals surface area contributed by atoms with Crippen LogP contribution in [0.5, 0.6) is 5.75 Å². The fraction of sp³-hybridized carbons (Fsp3) is 0.375. The quantitative estimate of drug-likeness (QED) is 0.839. The highest BCUT2D eigenvalue weighted by Gasteiger charge is 2.24. The second-order valence-corrected chi connectivity index (χ2v) is 8.37. The minimum atomic E-state index is -4.08. The molecule has 1 aromatic carbocycles. The third-order valence-corrected chi connectivity index (χ3v) is 4.98. The highest BCUT2D eigenvalue weighted by atomic mass is 32.2.